The number of carbonyl (C=O) groups is 3. The molecule has 30 heavy (non-hydrogen) atoms. The van der Waals surface area contributed by atoms with E-state index in [0.29, 0.717) is 5.56 Å². The number of carboxylic acids is 1. The Balaban J connectivity index is 1.85. The maximum atomic E-state index is 13.1. The number of imide groups is 1. The normalized spacial score (nSPS) is 13.7. The standard InChI is InChI=1S/C20H14N2O7S/c21-17-12-2-1-3-13-16(12)14(8-15(17)30(27,28)29)19(24)22(18(13)23)9-10-4-6-11(7-5-10)20(25)26/h1-8H,9,21H2,(H,25,26)(H,27,28,29). The lowest BCUT2D eigenvalue weighted by Crippen LogP contribution is -2.40. The van der Waals surface area contributed by atoms with Gasteiger partial charge in [0.2, 0.25) is 0 Å². The van der Waals surface area contributed by atoms with Crippen LogP contribution in [0.15, 0.2) is 53.4 Å². The Bertz CT molecular complexity index is 1360. The summed E-state index contributed by atoms with van der Waals surface area (Å²) in [5.74, 6) is -2.46. The summed E-state index contributed by atoms with van der Waals surface area (Å²) in [5.41, 5.74) is 6.27. The van der Waals surface area contributed by atoms with Gasteiger partial charge in [0.05, 0.1) is 23.4 Å². The molecule has 3 aromatic carbocycles. The second-order valence-corrected chi connectivity index (χ2v) is 8.13. The molecule has 0 aromatic heterocycles. The number of nitrogens with two attached hydrogens (primary N) is 1. The summed E-state index contributed by atoms with van der Waals surface area (Å²) < 4.78 is 33.0. The van der Waals surface area contributed by atoms with E-state index in [1.807, 2.05) is 0 Å². The molecule has 3 aromatic rings. The number of rotatable bonds is 4. The first-order chi connectivity index (χ1) is 14.1. The van der Waals surface area contributed by atoms with Gasteiger partial charge in [-0.2, -0.15) is 8.42 Å². The number of carboxylic acid groups (broad SMARTS) is 1. The summed E-state index contributed by atoms with van der Waals surface area (Å²) in [6.45, 7) is -0.154. The molecule has 1 aliphatic rings. The van der Waals surface area contributed by atoms with E-state index < -0.39 is 32.8 Å². The van der Waals surface area contributed by atoms with E-state index in [0.717, 1.165) is 11.0 Å². The van der Waals surface area contributed by atoms with E-state index >= 15 is 0 Å². The molecule has 0 saturated carbocycles. The average Bonchev–Trinajstić information content (AvgIpc) is 2.69. The number of nitrogens with zero attached hydrogens (tertiary/aromatic N) is 1. The molecule has 2 amide bonds. The Labute approximate surface area is 170 Å². The van der Waals surface area contributed by atoms with Crippen molar-refractivity contribution in [2.24, 2.45) is 0 Å². The van der Waals surface area contributed by atoms with Gasteiger partial charge < -0.3 is 10.8 Å². The van der Waals surface area contributed by atoms with Crippen molar-refractivity contribution in [3.8, 4) is 0 Å². The number of aromatic carboxylic acids is 1. The zero-order valence-electron chi connectivity index (χ0n) is 15.2. The van der Waals surface area contributed by atoms with Gasteiger partial charge in [0, 0.05) is 16.3 Å². The molecule has 152 valence electrons. The van der Waals surface area contributed by atoms with Crippen molar-refractivity contribution < 1.29 is 32.5 Å². The largest absolute Gasteiger partial charge is 0.478 e. The van der Waals surface area contributed by atoms with Crippen LogP contribution in [-0.2, 0) is 16.7 Å². The Morgan fingerprint density at radius 1 is 1.00 bits per heavy atom. The van der Waals surface area contributed by atoms with Gasteiger partial charge in [0.25, 0.3) is 21.9 Å². The van der Waals surface area contributed by atoms with Gasteiger partial charge in [-0.15, -0.1) is 0 Å². The molecular formula is C20H14N2O7S. The van der Waals surface area contributed by atoms with Gasteiger partial charge in [-0.3, -0.25) is 19.0 Å². The topological polar surface area (TPSA) is 155 Å². The summed E-state index contributed by atoms with van der Waals surface area (Å²) in [4.78, 5) is 37.4. The highest BCUT2D eigenvalue weighted by Crippen LogP contribution is 2.37. The third-order valence-corrected chi connectivity index (χ3v) is 5.83. The number of hydrogen-bond acceptors (Lipinski definition) is 6. The lowest BCUT2D eigenvalue weighted by Gasteiger charge is -2.28. The maximum absolute atomic E-state index is 13.1. The van der Waals surface area contributed by atoms with Crippen molar-refractivity contribution in [1.82, 2.24) is 4.90 Å². The van der Waals surface area contributed by atoms with Crippen LogP contribution in [0.4, 0.5) is 5.69 Å². The minimum absolute atomic E-state index is 0.0541. The summed E-state index contributed by atoms with van der Waals surface area (Å²) in [6.07, 6.45) is 0. The molecule has 4 rings (SSSR count). The van der Waals surface area contributed by atoms with Crippen LogP contribution in [0.25, 0.3) is 10.8 Å². The molecular weight excluding hydrogens is 412 g/mol. The molecule has 10 heteroatoms. The third-order valence-electron chi connectivity index (χ3n) is 4.94. The van der Waals surface area contributed by atoms with E-state index in [-0.39, 0.29) is 39.7 Å². The highest BCUT2D eigenvalue weighted by Gasteiger charge is 2.35. The minimum atomic E-state index is -4.71. The fourth-order valence-electron chi connectivity index (χ4n) is 3.50. The Hall–Kier alpha value is -3.76. The van der Waals surface area contributed by atoms with Gasteiger partial charge in [-0.25, -0.2) is 4.79 Å². The number of amides is 2. The fourth-order valence-corrected chi connectivity index (χ4v) is 4.16. The van der Waals surface area contributed by atoms with Crippen LogP contribution < -0.4 is 5.73 Å². The van der Waals surface area contributed by atoms with Gasteiger partial charge in [0.15, 0.2) is 0 Å². The summed E-state index contributed by atoms with van der Waals surface area (Å²) in [5, 5.41) is 9.38. The molecule has 1 heterocycles. The number of anilines is 1. The van der Waals surface area contributed by atoms with Crippen LogP contribution in [0.2, 0.25) is 0 Å². The SMILES string of the molecule is Nc1c(S(=O)(=O)O)cc2c3c(cccc13)C(=O)N(Cc1ccc(C(=O)O)cc1)C2=O. The molecule has 0 bridgehead atoms. The fraction of sp³-hybridized carbons (Fsp3) is 0.0500. The molecule has 1 aliphatic heterocycles. The molecule has 0 aliphatic carbocycles. The molecule has 0 spiro atoms. The van der Waals surface area contributed by atoms with Crippen molar-refractivity contribution in [1.29, 1.82) is 0 Å². The molecule has 4 N–H and O–H groups in total. The summed E-state index contributed by atoms with van der Waals surface area (Å²) in [7, 11) is -4.71. The van der Waals surface area contributed by atoms with Crippen molar-refractivity contribution in [2.75, 3.05) is 5.73 Å². The van der Waals surface area contributed by atoms with Crippen molar-refractivity contribution >= 4 is 44.4 Å². The first-order valence-electron chi connectivity index (χ1n) is 8.60. The Kier molecular flexibility index (Phi) is 4.33. The van der Waals surface area contributed by atoms with E-state index in [9.17, 15) is 27.4 Å². The molecule has 0 unspecified atom stereocenters. The highest BCUT2D eigenvalue weighted by atomic mass is 32.2. The quantitative estimate of drug-likeness (QED) is 0.326. The van der Waals surface area contributed by atoms with Crippen molar-refractivity contribution in [3.05, 3.63) is 70.8 Å². The molecule has 9 nitrogen and oxygen atoms in total. The zero-order chi connectivity index (χ0) is 21.8. The second-order valence-electron chi connectivity index (χ2n) is 6.74. The number of nitrogen functional groups attached to an aromatic ring is 1. The summed E-state index contributed by atoms with van der Waals surface area (Å²) >= 11 is 0. The minimum Gasteiger partial charge on any atom is -0.478 e. The predicted octanol–water partition coefficient (Wildman–Crippen LogP) is 2.16. The molecule has 0 radical (unpaired) electrons. The molecule has 0 fully saturated rings. The average molecular weight is 426 g/mol. The Morgan fingerprint density at radius 2 is 1.63 bits per heavy atom. The first-order valence-corrected chi connectivity index (χ1v) is 10.0. The lowest BCUT2D eigenvalue weighted by atomic mass is 9.92. The van der Waals surface area contributed by atoms with Crippen LogP contribution >= 0.6 is 0 Å². The van der Waals surface area contributed by atoms with Crippen LogP contribution in [0, 0.1) is 0 Å². The van der Waals surface area contributed by atoms with Crippen LogP contribution in [0.5, 0.6) is 0 Å². The Morgan fingerprint density at radius 3 is 2.23 bits per heavy atom. The van der Waals surface area contributed by atoms with E-state index in [1.54, 1.807) is 0 Å². The first kappa shape index (κ1) is 19.6. The monoisotopic (exact) mass is 426 g/mol. The van der Waals surface area contributed by atoms with Crippen LogP contribution in [-0.4, -0.2) is 40.8 Å². The molecule has 0 saturated heterocycles. The number of hydrogen-bond donors (Lipinski definition) is 3. The van der Waals surface area contributed by atoms with Crippen molar-refractivity contribution in [3.63, 3.8) is 0 Å². The molecule has 0 atom stereocenters. The van der Waals surface area contributed by atoms with E-state index in [1.165, 1.54) is 42.5 Å². The van der Waals surface area contributed by atoms with Gasteiger partial charge in [0.1, 0.15) is 4.90 Å². The predicted molar refractivity (Wildman–Crippen MR) is 106 cm³/mol. The smallest absolute Gasteiger partial charge is 0.335 e. The number of benzene rings is 3. The third kappa shape index (κ3) is 2.98. The van der Waals surface area contributed by atoms with Gasteiger partial charge >= 0.3 is 5.97 Å². The zero-order valence-corrected chi connectivity index (χ0v) is 16.0. The van der Waals surface area contributed by atoms with Gasteiger partial charge in [-0.05, 0) is 29.8 Å². The van der Waals surface area contributed by atoms with Gasteiger partial charge in [-0.1, -0.05) is 24.3 Å². The summed E-state index contributed by atoms with van der Waals surface area (Å²) in [6, 6.07) is 11.1. The van der Waals surface area contributed by atoms with E-state index in [2.05, 4.69) is 0 Å². The van der Waals surface area contributed by atoms with Crippen molar-refractivity contribution in [2.45, 2.75) is 11.4 Å². The van der Waals surface area contributed by atoms with Crippen LogP contribution in [0.1, 0.15) is 36.6 Å². The highest BCUT2D eigenvalue weighted by molar-refractivity contribution is 7.86. The van der Waals surface area contributed by atoms with Crippen LogP contribution in [0.3, 0.4) is 0 Å². The number of carbonyl (C=O) groups excluding carboxylic acids is 2. The second kappa shape index (κ2) is 6.65. The lowest BCUT2D eigenvalue weighted by molar-refractivity contribution is 0.0595. The maximum Gasteiger partial charge on any atom is 0.335 e. The van der Waals surface area contributed by atoms with E-state index in [4.69, 9.17) is 10.8 Å².